The molecule has 0 aliphatic carbocycles. The Kier molecular flexibility index (Phi) is 4.89. The number of anilines is 1. The molecular weight excluding hydrogens is 212 g/mol. The lowest BCUT2D eigenvalue weighted by Crippen LogP contribution is -2.32. The molecule has 0 amide bonds. The standard InChI is InChI=1S/C13H20N4/c1-10(2)8-17(9-11(3)4)13-7-15-12(5-14)6-16-13/h6-7,10-11H,8-9H2,1-4H3. The van der Waals surface area contributed by atoms with Gasteiger partial charge in [0.1, 0.15) is 11.9 Å². The highest BCUT2D eigenvalue weighted by Gasteiger charge is 2.12. The summed E-state index contributed by atoms with van der Waals surface area (Å²) < 4.78 is 0. The smallest absolute Gasteiger partial charge is 0.158 e. The second kappa shape index (κ2) is 6.19. The van der Waals surface area contributed by atoms with Crippen LogP contribution in [0.1, 0.15) is 33.4 Å². The SMILES string of the molecule is CC(C)CN(CC(C)C)c1cnc(C#N)cn1. The molecule has 0 aromatic carbocycles. The van der Waals surface area contributed by atoms with Gasteiger partial charge in [0, 0.05) is 13.1 Å². The summed E-state index contributed by atoms with van der Waals surface area (Å²) in [6.07, 6.45) is 3.21. The van der Waals surface area contributed by atoms with Crippen LogP contribution in [0.3, 0.4) is 0 Å². The van der Waals surface area contributed by atoms with E-state index in [-0.39, 0.29) is 0 Å². The van der Waals surface area contributed by atoms with Gasteiger partial charge in [0.15, 0.2) is 5.69 Å². The number of nitrogens with zero attached hydrogens (tertiary/aromatic N) is 4. The second-order valence-electron chi connectivity index (χ2n) is 5.06. The van der Waals surface area contributed by atoms with Crippen molar-refractivity contribution in [1.82, 2.24) is 9.97 Å². The van der Waals surface area contributed by atoms with E-state index in [2.05, 4.69) is 42.6 Å². The van der Waals surface area contributed by atoms with Crippen LogP contribution < -0.4 is 4.90 Å². The Morgan fingerprint density at radius 3 is 2.06 bits per heavy atom. The van der Waals surface area contributed by atoms with E-state index in [4.69, 9.17) is 5.26 Å². The van der Waals surface area contributed by atoms with E-state index >= 15 is 0 Å². The van der Waals surface area contributed by atoms with Crippen molar-refractivity contribution < 1.29 is 0 Å². The lowest BCUT2D eigenvalue weighted by molar-refractivity contribution is 0.548. The van der Waals surface area contributed by atoms with Crippen molar-refractivity contribution in [3.8, 4) is 6.07 Å². The van der Waals surface area contributed by atoms with Crippen LogP contribution in [-0.4, -0.2) is 23.1 Å². The normalized spacial score (nSPS) is 10.6. The zero-order chi connectivity index (χ0) is 12.8. The first-order valence-corrected chi connectivity index (χ1v) is 6.00. The summed E-state index contributed by atoms with van der Waals surface area (Å²) >= 11 is 0. The van der Waals surface area contributed by atoms with Crippen LogP contribution in [0.4, 0.5) is 5.82 Å². The average Bonchev–Trinajstić information content (AvgIpc) is 2.27. The van der Waals surface area contributed by atoms with Crippen LogP contribution in [0.2, 0.25) is 0 Å². The fraction of sp³-hybridized carbons (Fsp3) is 0.615. The molecule has 0 N–H and O–H groups in total. The molecule has 0 aliphatic heterocycles. The number of nitriles is 1. The van der Waals surface area contributed by atoms with E-state index in [1.54, 1.807) is 6.20 Å². The quantitative estimate of drug-likeness (QED) is 0.782. The van der Waals surface area contributed by atoms with Crippen LogP contribution >= 0.6 is 0 Å². The molecule has 1 heterocycles. The molecule has 0 spiro atoms. The molecule has 4 heteroatoms. The molecule has 0 saturated heterocycles. The summed E-state index contributed by atoms with van der Waals surface area (Å²) in [6.45, 7) is 10.7. The van der Waals surface area contributed by atoms with Gasteiger partial charge in [-0.2, -0.15) is 5.26 Å². The molecular formula is C13H20N4. The van der Waals surface area contributed by atoms with Crippen LogP contribution in [0.15, 0.2) is 12.4 Å². The number of aromatic nitrogens is 2. The summed E-state index contributed by atoms with van der Waals surface area (Å²) in [5, 5.41) is 8.69. The minimum atomic E-state index is 0.364. The Morgan fingerprint density at radius 2 is 1.71 bits per heavy atom. The molecule has 0 unspecified atom stereocenters. The van der Waals surface area contributed by atoms with Crippen molar-refractivity contribution in [2.45, 2.75) is 27.7 Å². The summed E-state index contributed by atoms with van der Waals surface area (Å²) in [7, 11) is 0. The van der Waals surface area contributed by atoms with Gasteiger partial charge in [-0.25, -0.2) is 9.97 Å². The van der Waals surface area contributed by atoms with Gasteiger partial charge in [-0.3, -0.25) is 0 Å². The topological polar surface area (TPSA) is 52.8 Å². The highest BCUT2D eigenvalue weighted by Crippen LogP contribution is 2.13. The van der Waals surface area contributed by atoms with Gasteiger partial charge in [0.2, 0.25) is 0 Å². The minimum Gasteiger partial charge on any atom is -0.355 e. The van der Waals surface area contributed by atoms with Crippen molar-refractivity contribution in [2.75, 3.05) is 18.0 Å². The molecule has 0 saturated carbocycles. The van der Waals surface area contributed by atoms with Gasteiger partial charge in [0.25, 0.3) is 0 Å². The third-order valence-corrected chi connectivity index (χ3v) is 2.25. The van der Waals surface area contributed by atoms with Crippen molar-refractivity contribution in [2.24, 2.45) is 11.8 Å². The lowest BCUT2D eigenvalue weighted by atomic mass is 10.1. The maximum atomic E-state index is 8.69. The Morgan fingerprint density at radius 1 is 1.12 bits per heavy atom. The van der Waals surface area contributed by atoms with Gasteiger partial charge in [-0.05, 0) is 11.8 Å². The largest absolute Gasteiger partial charge is 0.355 e. The molecule has 0 radical (unpaired) electrons. The first-order valence-electron chi connectivity index (χ1n) is 6.00. The van der Waals surface area contributed by atoms with Gasteiger partial charge < -0.3 is 4.90 Å². The van der Waals surface area contributed by atoms with Crippen molar-refractivity contribution in [1.29, 1.82) is 5.26 Å². The van der Waals surface area contributed by atoms with Gasteiger partial charge in [-0.15, -0.1) is 0 Å². The summed E-state index contributed by atoms with van der Waals surface area (Å²) in [5.74, 6) is 2.00. The highest BCUT2D eigenvalue weighted by atomic mass is 15.2. The average molecular weight is 232 g/mol. The zero-order valence-corrected chi connectivity index (χ0v) is 11.0. The zero-order valence-electron chi connectivity index (χ0n) is 11.0. The molecule has 0 atom stereocenters. The monoisotopic (exact) mass is 232 g/mol. The van der Waals surface area contributed by atoms with Crippen molar-refractivity contribution >= 4 is 5.82 Å². The maximum absolute atomic E-state index is 8.69. The molecule has 17 heavy (non-hydrogen) atoms. The molecule has 1 aromatic heterocycles. The Labute approximate surface area is 103 Å². The Balaban J connectivity index is 2.84. The fourth-order valence-electron chi connectivity index (χ4n) is 1.69. The predicted molar refractivity (Wildman–Crippen MR) is 68.6 cm³/mol. The summed E-state index contributed by atoms with van der Waals surface area (Å²) in [6, 6.07) is 1.98. The first kappa shape index (κ1) is 13.4. The third-order valence-electron chi connectivity index (χ3n) is 2.25. The maximum Gasteiger partial charge on any atom is 0.158 e. The molecule has 1 rings (SSSR count). The van der Waals surface area contributed by atoms with Crippen LogP contribution in [0, 0.1) is 23.2 Å². The molecule has 0 aliphatic rings. The number of hydrogen-bond donors (Lipinski definition) is 0. The van der Waals surface area contributed by atoms with E-state index in [1.807, 2.05) is 6.07 Å². The molecule has 92 valence electrons. The van der Waals surface area contributed by atoms with Crippen LogP contribution in [0.5, 0.6) is 0 Å². The van der Waals surface area contributed by atoms with Crippen molar-refractivity contribution in [3.63, 3.8) is 0 Å². The Hall–Kier alpha value is -1.63. The minimum absolute atomic E-state index is 0.364. The van der Waals surface area contributed by atoms with E-state index in [0.717, 1.165) is 18.9 Å². The van der Waals surface area contributed by atoms with Crippen LogP contribution in [-0.2, 0) is 0 Å². The predicted octanol–water partition coefficient (Wildman–Crippen LogP) is 2.47. The fourth-order valence-corrected chi connectivity index (χ4v) is 1.69. The molecule has 1 aromatic rings. The summed E-state index contributed by atoms with van der Waals surface area (Å²) in [4.78, 5) is 10.6. The van der Waals surface area contributed by atoms with E-state index in [1.165, 1.54) is 6.20 Å². The Bertz CT molecular complexity index is 365. The summed E-state index contributed by atoms with van der Waals surface area (Å²) in [5.41, 5.74) is 0.364. The van der Waals surface area contributed by atoms with Crippen LogP contribution in [0.25, 0.3) is 0 Å². The second-order valence-corrected chi connectivity index (χ2v) is 5.06. The van der Waals surface area contributed by atoms with Gasteiger partial charge in [0.05, 0.1) is 12.4 Å². The first-order chi connectivity index (χ1) is 8.02. The highest BCUT2D eigenvalue weighted by molar-refractivity contribution is 5.37. The lowest BCUT2D eigenvalue weighted by Gasteiger charge is -2.26. The number of hydrogen-bond acceptors (Lipinski definition) is 4. The third kappa shape index (κ3) is 4.39. The molecule has 0 fully saturated rings. The molecule has 4 nitrogen and oxygen atoms in total. The van der Waals surface area contributed by atoms with Gasteiger partial charge >= 0.3 is 0 Å². The van der Waals surface area contributed by atoms with E-state index < -0.39 is 0 Å². The van der Waals surface area contributed by atoms with E-state index in [9.17, 15) is 0 Å². The molecule has 0 bridgehead atoms. The van der Waals surface area contributed by atoms with Crippen molar-refractivity contribution in [3.05, 3.63) is 18.1 Å². The van der Waals surface area contributed by atoms with Gasteiger partial charge in [-0.1, -0.05) is 27.7 Å². The van der Waals surface area contributed by atoms with E-state index in [0.29, 0.717) is 17.5 Å². The number of rotatable bonds is 5.